The first-order valence-corrected chi connectivity index (χ1v) is 5.21. The summed E-state index contributed by atoms with van der Waals surface area (Å²) in [5, 5.41) is 0. The molecule has 0 aromatic heterocycles. The van der Waals surface area contributed by atoms with Crippen LogP contribution in [0.1, 0.15) is 33.6 Å². The van der Waals surface area contributed by atoms with Gasteiger partial charge in [0.05, 0.1) is 0 Å². The summed E-state index contributed by atoms with van der Waals surface area (Å²) in [5.74, 6) is 0. The molecule has 0 heterocycles. The van der Waals surface area contributed by atoms with E-state index in [1.165, 1.54) is 5.57 Å². The van der Waals surface area contributed by atoms with Gasteiger partial charge < -0.3 is 0 Å². The lowest BCUT2D eigenvalue weighted by Gasteiger charge is -2.24. The highest BCUT2D eigenvalue weighted by molar-refractivity contribution is 7.82. The summed E-state index contributed by atoms with van der Waals surface area (Å²) >= 11 is 4.66. The number of rotatable bonds is 5. The molecule has 1 heteroatoms. The Morgan fingerprint density at radius 2 is 2.15 bits per heavy atom. The first-order valence-electron chi connectivity index (χ1n) is 4.76. The van der Waals surface area contributed by atoms with Crippen LogP contribution in [0.3, 0.4) is 0 Å². The van der Waals surface area contributed by atoms with Gasteiger partial charge in [0.15, 0.2) is 0 Å². The van der Waals surface area contributed by atoms with Crippen molar-refractivity contribution in [3.63, 3.8) is 0 Å². The van der Waals surface area contributed by atoms with Crippen molar-refractivity contribution < 1.29 is 0 Å². The maximum Gasteiger partial charge on any atom is 0.0350 e. The Kier molecular flexibility index (Phi) is 5.89. The van der Waals surface area contributed by atoms with Crippen LogP contribution in [0.4, 0.5) is 0 Å². The summed E-state index contributed by atoms with van der Waals surface area (Å²) in [6.45, 7) is 10.1. The average molecular weight is 196 g/mol. The third kappa shape index (κ3) is 4.37. The van der Waals surface area contributed by atoms with Crippen molar-refractivity contribution in [3.8, 4) is 0 Å². The molecule has 0 radical (unpaired) electrons. The van der Waals surface area contributed by atoms with E-state index < -0.39 is 0 Å². The van der Waals surface area contributed by atoms with Gasteiger partial charge in [0.25, 0.3) is 0 Å². The molecular formula is C12H20S. The molecule has 0 nitrogen and oxygen atoms in total. The lowest BCUT2D eigenvalue weighted by molar-refractivity contribution is 0.665. The zero-order valence-electron chi connectivity index (χ0n) is 8.88. The highest BCUT2D eigenvalue weighted by Gasteiger charge is 2.20. The Bertz CT molecular complexity index is 209. The molecule has 0 rings (SSSR count). The van der Waals surface area contributed by atoms with Crippen molar-refractivity contribution in [3.05, 3.63) is 36.5 Å². The van der Waals surface area contributed by atoms with Crippen molar-refractivity contribution in [2.24, 2.45) is 0 Å². The van der Waals surface area contributed by atoms with Crippen LogP contribution in [0.2, 0.25) is 0 Å². The molecule has 0 spiro atoms. The summed E-state index contributed by atoms with van der Waals surface area (Å²) < 4.78 is -0.0323. The third-order valence-corrected chi connectivity index (χ3v) is 2.48. The van der Waals surface area contributed by atoms with Gasteiger partial charge in [0.1, 0.15) is 0 Å². The number of hydrogen-bond donors (Lipinski definition) is 1. The highest BCUT2D eigenvalue weighted by atomic mass is 32.1. The zero-order chi connectivity index (χ0) is 10.3. The molecule has 0 saturated carbocycles. The first kappa shape index (κ1) is 12.6. The van der Waals surface area contributed by atoms with Gasteiger partial charge in [-0.05, 0) is 25.8 Å². The molecule has 1 unspecified atom stereocenters. The summed E-state index contributed by atoms with van der Waals surface area (Å²) in [6, 6.07) is 0. The van der Waals surface area contributed by atoms with E-state index in [2.05, 4.69) is 39.1 Å². The van der Waals surface area contributed by atoms with Crippen LogP contribution in [0.5, 0.6) is 0 Å². The van der Waals surface area contributed by atoms with Crippen molar-refractivity contribution in [1.29, 1.82) is 0 Å². The van der Waals surface area contributed by atoms with Crippen molar-refractivity contribution in [2.45, 2.75) is 38.4 Å². The van der Waals surface area contributed by atoms with E-state index in [-0.39, 0.29) is 4.75 Å². The molecule has 74 valence electrons. The predicted octanol–water partition coefficient (Wildman–Crippen LogP) is 4.16. The Morgan fingerprint density at radius 3 is 2.54 bits per heavy atom. The van der Waals surface area contributed by atoms with Crippen molar-refractivity contribution >= 4 is 12.6 Å². The normalized spacial score (nSPS) is 17.4. The average Bonchev–Trinajstić information content (AvgIpc) is 2.04. The SMILES string of the molecule is C=C/C=C(\C=C/C)C(C)(S)CCC. The molecule has 0 saturated heterocycles. The standard InChI is InChI=1S/C12H20S/c1-5-8-11(9-6-2)12(4,13)10-7-3/h5-6,8-9,13H,1,7,10H2,2-4H3/b9-6-,11-8+. The largest absolute Gasteiger partial charge is 0.168 e. The summed E-state index contributed by atoms with van der Waals surface area (Å²) in [7, 11) is 0. The van der Waals surface area contributed by atoms with Crippen LogP contribution in [0, 0.1) is 0 Å². The van der Waals surface area contributed by atoms with Gasteiger partial charge in [-0.2, -0.15) is 12.6 Å². The van der Waals surface area contributed by atoms with Crippen LogP contribution in [-0.2, 0) is 0 Å². The van der Waals surface area contributed by atoms with Crippen LogP contribution in [-0.4, -0.2) is 4.75 Å². The number of hydrogen-bond acceptors (Lipinski definition) is 1. The third-order valence-electron chi connectivity index (χ3n) is 2.00. The summed E-state index contributed by atoms with van der Waals surface area (Å²) in [4.78, 5) is 0. The Labute approximate surface area is 87.8 Å². The van der Waals surface area contributed by atoms with E-state index in [1.54, 1.807) is 0 Å². The zero-order valence-corrected chi connectivity index (χ0v) is 9.77. The van der Waals surface area contributed by atoms with E-state index in [9.17, 15) is 0 Å². The van der Waals surface area contributed by atoms with Crippen molar-refractivity contribution in [1.82, 2.24) is 0 Å². The van der Waals surface area contributed by atoms with E-state index in [0.29, 0.717) is 0 Å². The van der Waals surface area contributed by atoms with Crippen LogP contribution in [0.15, 0.2) is 36.5 Å². The topological polar surface area (TPSA) is 0 Å². The molecule has 0 aromatic carbocycles. The van der Waals surface area contributed by atoms with E-state index in [0.717, 1.165) is 12.8 Å². The quantitative estimate of drug-likeness (QED) is 0.495. The molecule has 0 fully saturated rings. The molecular weight excluding hydrogens is 176 g/mol. The maximum atomic E-state index is 4.66. The van der Waals surface area contributed by atoms with Gasteiger partial charge in [0.2, 0.25) is 0 Å². The second-order valence-electron chi connectivity index (χ2n) is 3.38. The summed E-state index contributed by atoms with van der Waals surface area (Å²) in [5.41, 5.74) is 1.23. The van der Waals surface area contributed by atoms with Crippen LogP contribution < -0.4 is 0 Å². The van der Waals surface area contributed by atoms with Gasteiger partial charge in [-0.15, -0.1) is 0 Å². The lowest BCUT2D eigenvalue weighted by Crippen LogP contribution is -2.18. The summed E-state index contributed by atoms with van der Waals surface area (Å²) in [6.07, 6.45) is 10.2. The van der Waals surface area contributed by atoms with Crippen LogP contribution >= 0.6 is 12.6 Å². The predicted molar refractivity (Wildman–Crippen MR) is 65.4 cm³/mol. The Morgan fingerprint density at radius 1 is 1.54 bits per heavy atom. The fraction of sp³-hybridized carbons (Fsp3) is 0.500. The number of allylic oxidation sites excluding steroid dienone is 4. The second-order valence-corrected chi connectivity index (χ2v) is 4.37. The molecule has 0 aliphatic carbocycles. The van der Waals surface area contributed by atoms with Gasteiger partial charge in [-0.25, -0.2) is 0 Å². The highest BCUT2D eigenvalue weighted by Crippen LogP contribution is 2.30. The van der Waals surface area contributed by atoms with E-state index >= 15 is 0 Å². The monoisotopic (exact) mass is 196 g/mol. The van der Waals surface area contributed by atoms with Gasteiger partial charge in [-0.3, -0.25) is 0 Å². The maximum absolute atomic E-state index is 4.66. The number of thiol groups is 1. The fourth-order valence-electron chi connectivity index (χ4n) is 1.35. The molecule has 0 N–H and O–H groups in total. The molecule has 1 atom stereocenters. The molecule has 0 aliphatic heterocycles. The molecule has 0 aromatic rings. The van der Waals surface area contributed by atoms with E-state index in [4.69, 9.17) is 0 Å². The molecule has 0 amide bonds. The lowest BCUT2D eigenvalue weighted by atomic mass is 9.94. The molecule has 0 aliphatic rings. The van der Waals surface area contributed by atoms with Gasteiger partial charge in [0, 0.05) is 4.75 Å². The minimum absolute atomic E-state index is 0.0323. The minimum atomic E-state index is -0.0323. The smallest absolute Gasteiger partial charge is 0.0350 e. The van der Waals surface area contributed by atoms with E-state index in [1.807, 2.05) is 25.2 Å². The van der Waals surface area contributed by atoms with Gasteiger partial charge >= 0.3 is 0 Å². The van der Waals surface area contributed by atoms with Crippen LogP contribution in [0.25, 0.3) is 0 Å². The minimum Gasteiger partial charge on any atom is -0.168 e. The first-order chi connectivity index (χ1) is 6.08. The second kappa shape index (κ2) is 6.09. The Hall–Kier alpha value is -0.430. The molecule has 13 heavy (non-hydrogen) atoms. The Balaban J connectivity index is 4.71. The molecule has 0 bridgehead atoms. The fourth-order valence-corrected chi connectivity index (χ4v) is 1.72. The van der Waals surface area contributed by atoms with Crippen molar-refractivity contribution in [2.75, 3.05) is 0 Å². The van der Waals surface area contributed by atoms with Gasteiger partial charge in [-0.1, -0.05) is 44.2 Å².